The van der Waals surface area contributed by atoms with Crippen molar-refractivity contribution in [2.45, 2.75) is 6.54 Å². The van der Waals surface area contributed by atoms with E-state index in [0.29, 0.717) is 6.67 Å². The van der Waals surface area contributed by atoms with Gasteiger partial charge < -0.3 is 5.32 Å². The van der Waals surface area contributed by atoms with Crippen LogP contribution in [-0.2, 0) is 6.54 Å². The Balaban J connectivity index is 1.90. The number of nitrogens with zero attached hydrogens (tertiary/aromatic N) is 2. The molecule has 0 fully saturated rings. The maximum atomic E-state index is 13.0. The third-order valence-corrected chi connectivity index (χ3v) is 3.28. The highest BCUT2D eigenvalue weighted by Gasteiger charge is 2.12. The molecule has 1 aliphatic heterocycles. The first-order valence-corrected chi connectivity index (χ1v) is 6.64. The fourth-order valence-corrected chi connectivity index (χ4v) is 2.27. The number of rotatable bonds is 3. The molecular formula is C11H15BFN3S. The molecule has 90 valence electrons. The van der Waals surface area contributed by atoms with Gasteiger partial charge in [0, 0.05) is 6.54 Å². The third kappa shape index (κ3) is 3.75. The second-order valence-electron chi connectivity index (χ2n) is 3.83. The topological polar surface area (TPSA) is 27.6 Å². The normalized spacial score (nSPS) is 16.4. The van der Waals surface area contributed by atoms with Crippen molar-refractivity contribution >= 4 is 24.8 Å². The molecule has 0 amide bonds. The first-order chi connectivity index (χ1) is 8.28. The van der Waals surface area contributed by atoms with E-state index in [1.54, 1.807) is 23.9 Å². The van der Waals surface area contributed by atoms with Gasteiger partial charge in [-0.1, -0.05) is 23.9 Å². The molecule has 0 radical (unpaired) electrons. The van der Waals surface area contributed by atoms with Crippen molar-refractivity contribution in [3.05, 3.63) is 35.6 Å². The first-order valence-electron chi connectivity index (χ1n) is 5.66. The predicted octanol–water partition coefficient (Wildman–Crippen LogP) is 0.826. The minimum atomic E-state index is -0.182. The molecule has 0 spiro atoms. The molecule has 0 saturated carbocycles. The monoisotopic (exact) mass is 251 g/mol. The molecule has 1 heterocycles. The van der Waals surface area contributed by atoms with E-state index in [9.17, 15) is 4.39 Å². The van der Waals surface area contributed by atoms with Gasteiger partial charge in [0.05, 0.1) is 13.3 Å². The largest absolute Gasteiger partial charge is 0.352 e. The van der Waals surface area contributed by atoms with Crippen LogP contribution < -0.4 is 5.32 Å². The van der Waals surface area contributed by atoms with Gasteiger partial charge in [-0.05, 0) is 23.3 Å². The van der Waals surface area contributed by atoms with Gasteiger partial charge in [-0.2, -0.15) is 0 Å². The predicted molar refractivity (Wildman–Crippen MR) is 73.2 cm³/mol. The van der Waals surface area contributed by atoms with Crippen molar-refractivity contribution in [2.24, 2.45) is 4.99 Å². The average Bonchev–Trinajstić information content (AvgIpc) is 2.32. The number of halogens is 1. The Hall–Kier alpha value is -1.01. The molecule has 2 rings (SSSR count). The van der Waals surface area contributed by atoms with Gasteiger partial charge in [-0.3, -0.25) is 4.90 Å². The van der Waals surface area contributed by atoms with E-state index in [2.05, 4.69) is 23.1 Å². The molecule has 0 aromatic heterocycles. The lowest BCUT2D eigenvalue weighted by Crippen LogP contribution is -2.41. The van der Waals surface area contributed by atoms with Crippen LogP contribution in [0.1, 0.15) is 5.56 Å². The molecule has 3 nitrogen and oxygen atoms in total. The van der Waals surface area contributed by atoms with Crippen LogP contribution in [0.5, 0.6) is 0 Å². The number of aliphatic imine (C=N–C) groups is 1. The Morgan fingerprint density at radius 3 is 3.06 bits per heavy atom. The minimum Gasteiger partial charge on any atom is -0.352 e. The van der Waals surface area contributed by atoms with E-state index in [1.807, 2.05) is 6.07 Å². The van der Waals surface area contributed by atoms with E-state index < -0.39 is 0 Å². The van der Waals surface area contributed by atoms with Gasteiger partial charge in [-0.25, -0.2) is 9.38 Å². The van der Waals surface area contributed by atoms with E-state index in [4.69, 9.17) is 0 Å². The number of amidine groups is 1. The highest BCUT2D eigenvalue weighted by Crippen LogP contribution is 2.10. The molecular weight excluding hydrogens is 236 g/mol. The van der Waals surface area contributed by atoms with Crippen molar-refractivity contribution in [2.75, 3.05) is 19.0 Å². The van der Waals surface area contributed by atoms with E-state index in [0.717, 1.165) is 29.6 Å². The van der Waals surface area contributed by atoms with Crippen LogP contribution in [0.15, 0.2) is 29.3 Å². The van der Waals surface area contributed by atoms with Gasteiger partial charge in [0.1, 0.15) is 13.7 Å². The summed E-state index contributed by atoms with van der Waals surface area (Å²) in [5.41, 5.74) is 2.00. The number of nitrogens with one attached hydrogen (secondary N) is 1. The first kappa shape index (κ1) is 12.5. The zero-order chi connectivity index (χ0) is 12.1. The van der Waals surface area contributed by atoms with E-state index in [1.165, 1.54) is 6.07 Å². The maximum absolute atomic E-state index is 13.0. The Morgan fingerprint density at radius 2 is 2.41 bits per heavy atom. The molecule has 1 N–H and O–H groups in total. The van der Waals surface area contributed by atoms with Gasteiger partial charge >= 0.3 is 0 Å². The maximum Gasteiger partial charge on any atom is 0.158 e. The summed E-state index contributed by atoms with van der Waals surface area (Å²) in [4.78, 5) is 6.55. The summed E-state index contributed by atoms with van der Waals surface area (Å²) in [6.07, 6.45) is 0. The van der Waals surface area contributed by atoms with Crippen molar-refractivity contribution in [3.63, 3.8) is 0 Å². The minimum absolute atomic E-state index is 0.182. The van der Waals surface area contributed by atoms with Gasteiger partial charge in [0.15, 0.2) is 5.17 Å². The lowest BCUT2D eigenvalue weighted by molar-refractivity contribution is 0.258. The van der Waals surface area contributed by atoms with Crippen LogP contribution in [0, 0.1) is 5.82 Å². The van der Waals surface area contributed by atoms with Crippen LogP contribution in [0.25, 0.3) is 0 Å². The van der Waals surface area contributed by atoms with E-state index >= 15 is 0 Å². The fourth-order valence-electron chi connectivity index (χ4n) is 1.68. The molecule has 0 aliphatic carbocycles. The molecule has 0 atom stereocenters. The standard InChI is InChI=1S/C11H15BFN3S/c12-6-17-11-14-7-16(8-15-11)5-9-2-1-3-10(13)4-9/h1-4H,5-8,12H2,(H,14,15). The van der Waals surface area contributed by atoms with Gasteiger partial charge in [0.25, 0.3) is 0 Å². The Kier molecular flexibility index (Phi) is 4.45. The fraction of sp³-hybridized carbons (Fsp3) is 0.364. The summed E-state index contributed by atoms with van der Waals surface area (Å²) in [5, 5.41) is 4.25. The number of hydrogen-bond donors (Lipinski definition) is 1. The van der Waals surface area contributed by atoms with Crippen molar-refractivity contribution in [3.8, 4) is 0 Å². The van der Waals surface area contributed by atoms with Crippen molar-refractivity contribution < 1.29 is 4.39 Å². The van der Waals surface area contributed by atoms with E-state index in [-0.39, 0.29) is 5.82 Å². The zero-order valence-corrected chi connectivity index (χ0v) is 10.6. The summed E-state index contributed by atoms with van der Waals surface area (Å²) in [7, 11) is 2.11. The lowest BCUT2D eigenvalue weighted by atomic mass is 10.2. The molecule has 1 aromatic rings. The summed E-state index contributed by atoms with van der Waals surface area (Å²) in [6, 6.07) is 6.71. The van der Waals surface area contributed by atoms with Crippen molar-refractivity contribution in [1.82, 2.24) is 10.2 Å². The second kappa shape index (κ2) is 6.07. The molecule has 0 unspecified atom stereocenters. The molecule has 0 saturated heterocycles. The molecule has 1 aromatic carbocycles. The summed E-state index contributed by atoms with van der Waals surface area (Å²) in [5.74, 6) is -0.182. The summed E-state index contributed by atoms with van der Waals surface area (Å²) < 4.78 is 13.0. The third-order valence-electron chi connectivity index (χ3n) is 2.44. The van der Waals surface area contributed by atoms with Crippen molar-refractivity contribution in [1.29, 1.82) is 0 Å². The summed E-state index contributed by atoms with van der Waals surface area (Å²) in [6.45, 7) is 2.16. The Labute approximate surface area is 106 Å². The van der Waals surface area contributed by atoms with Crippen LogP contribution in [0.4, 0.5) is 4.39 Å². The Morgan fingerprint density at radius 1 is 1.53 bits per heavy atom. The van der Waals surface area contributed by atoms with Crippen LogP contribution >= 0.6 is 11.8 Å². The lowest BCUT2D eigenvalue weighted by Gasteiger charge is -2.26. The number of thioether (sulfide) groups is 1. The number of hydrogen-bond acceptors (Lipinski definition) is 4. The molecule has 1 aliphatic rings. The van der Waals surface area contributed by atoms with Crippen LogP contribution in [-0.4, -0.2) is 36.9 Å². The van der Waals surface area contributed by atoms with Gasteiger partial charge in [0.2, 0.25) is 0 Å². The van der Waals surface area contributed by atoms with Crippen LogP contribution in [0.2, 0.25) is 0 Å². The smallest absolute Gasteiger partial charge is 0.158 e. The SMILES string of the molecule is BCSC1=NCN(Cc2cccc(F)c2)CN1. The molecule has 0 bridgehead atoms. The molecule has 6 heteroatoms. The Bertz CT molecular complexity index is 413. The average molecular weight is 251 g/mol. The van der Waals surface area contributed by atoms with Gasteiger partial charge in [-0.15, -0.1) is 0 Å². The highest BCUT2D eigenvalue weighted by molar-refractivity contribution is 8.14. The van der Waals surface area contributed by atoms with Crippen LogP contribution in [0.3, 0.4) is 0 Å². The summed E-state index contributed by atoms with van der Waals surface area (Å²) >= 11 is 1.72. The highest BCUT2D eigenvalue weighted by atomic mass is 32.2. The zero-order valence-electron chi connectivity index (χ0n) is 9.82. The molecule has 17 heavy (non-hydrogen) atoms. The quantitative estimate of drug-likeness (QED) is 0.806. The number of benzene rings is 1. The second-order valence-corrected chi connectivity index (χ2v) is 5.08.